The van der Waals surface area contributed by atoms with Crippen molar-refractivity contribution in [1.82, 2.24) is 19.9 Å². The minimum atomic E-state index is 0.531. The van der Waals surface area contributed by atoms with Crippen LogP contribution < -0.4 is 4.74 Å². The number of aromatic nitrogens is 3. The molecule has 5 nitrogen and oxygen atoms in total. The lowest BCUT2D eigenvalue weighted by molar-refractivity contribution is 0.116. The molecule has 0 amide bonds. The van der Waals surface area contributed by atoms with Crippen LogP contribution in [0.5, 0.6) is 5.88 Å². The molecule has 0 saturated carbocycles. The van der Waals surface area contributed by atoms with Crippen LogP contribution in [0.2, 0.25) is 0 Å². The maximum absolute atomic E-state index is 6.21. The molecule has 1 aliphatic rings. The number of piperidine rings is 1. The number of likely N-dealkylation sites (tertiary alicyclic amines) is 1. The van der Waals surface area contributed by atoms with E-state index in [1.165, 1.54) is 35.3 Å². The molecule has 4 aromatic rings. The highest BCUT2D eigenvalue weighted by atomic mass is 32.1. The lowest BCUT2D eigenvalue weighted by Gasteiger charge is -2.35. The molecule has 4 heterocycles. The van der Waals surface area contributed by atoms with Crippen LogP contribution in [0, 0.1) is 0 Å². The van der Waals surface area contributed by atoms with E-state index in [1.54, 1.807) is 17.7 Å². The van der Waals surface area contributed by atoms with E-state index in [0.717, 1.165) is 30.4 Å². The molecular formula is C25H26N4OS. The van der Waals surface area contributed by atoms with Crippen molar-refractivity contribution in [1.29, 1.82) is 0 Å². The first-order valence-corrected chi connectivity index (χ1v) is 11.8. The summed E-state index contributed by atoms with van der Waals surface area (Å²) in [6.07, 6.45) is 10.2. The van der Waals surface area contributed by atoms with Gasteiger partial charge in [0.1, 0.15) is 6.33 Å². The average Bonchev–Trinajstić information content (AvgIpc) is 3.36. The Morgan fingerprint density at radius 1 is 1.10 bits per heavy atom. The van der Waals surface area contributed by atoms with Crippen molar-refractivity contribution in [2.75, 3.05) is 13.2 Å². The van der Waals surface area contributed by atoms with E-state index in [2.05, 4.69) is 61.6 Å². The van der Waals surface area contributed by atoms with Crippen molar-refractivity contribution in [3.63, 3.8) is 0 Å². The molecule has 0 radical (unpaired) electrons. The van der Waals surface area contributed by atoms with Gasteiger partial charge in [0.15, 0.2) is 0 Å². The fourth-order valence-electron chi connectivity index (χ4n) is 4.36. The summed E-state index contributed by atoms with van der Waals surface area (Å²) in [5.41, 5.74) is 3.37. The Hall–Kier alpha value is -2.83. The number of hydrogen-bond donors (Lipinski definition) is 0. The molecule has 0 bridgehead atoms. The summed E-state index contributed by atoms with van der Waals surface area (Å²) in [5, 5.41) is 3.07. The fraction of sp³-hybridized carbons (Fsp3) is 0.320. The standard InChI is InChI=1S/C25H26N4OS/c1-2-12-29(17-19-5-3-11-26-16-19)21(6-1)10-13-30-25-22-15-20(24-7-4-14-31-24)8-9-23(22)27-18-28-25/h3-5,7-9,11,14-16,18,21H,1-2,6,10,12-13,17H2. The zero-order chi connectivity index (χ0) is 20.9. The minimum absolute atomic E-state index is 0.531. The summed E-state index contributed by atoms with van der Waals surface area (Å²) in [5.74, 6) is 0.679. The predicted molar refractivity (Wildman–Crippen MR) is 125 cm³/mol. The molecule has 158 valence electrons. The highest BCUT2D eigenvalue weighted by Gasteiger charge is 2.22. The second-order valence-electron chi connectivity index (χ2n) is 8.01. The highest BCUT2D eigenvalue weighted by molar-refractivity contribution is 7.13. The number of ether oxygens (including phenoxy) is 1. The van der Waals surface area contributed by atoms with Gasteiger partial charge in [-0.2, -0.15) is 0 Å². The Morgan fingerprint density at radius 2 is 2.10 bits per heavy atom. The van der Waals surface area contributed by atoms with Crippen molar-refractivity contribution < 1.29 is 4.74 Å². The molecular weight excluding hydrogens is 404 g/mol. The van der Waals surface area contributed by atoms with Crippen LogP contribution in [0.1, 0.15) is 31.2 Å². The summed E-state index contributed by atoms with van der Waals surface area (Å²) in [6, 6.07) is 15.2. The molecule has 5 rings (SSSR count). The van der Waals surface area contributed by atoms with Crippen LogP contribution in [0.25, 0.3) is 21.3 Å². The first kappa shape index (κ1) is 20.1. The summed E-state index contributed by atoms with van der Waals surface area (Å²) in [7, 11) is 0. The van der Waals surface area contributed by atoms with Gasteiger partial charge in [-0.3, -0.25) is 9.88 Å². The van der Waals surface area contributed by atoms with Crippen molar-refractivity contribution in [3.8, 4) is 16.3 Å². The van der Waals surface area contributed by atoms with Crippen LogP contribution >= 0.6 is 11.3 Å². The molecule has 1 aromatic carbocycles. The third kappa shape index (κ3) is 4.75. The molecule has 1 unspecified atom stereocenters. The third-order valence-electron chi connectivity index (χ3n) is 5.95. The Bertz CT molecular complexity index is 1120. The molecule has 6 heteroatoms. The second kappa shape index (κ2) is 9.54. The number of fused-ring (bicyclic) bond motifs is 1. The Morgan fingerprint density at radius 3 is 2.97 bits per heavy atom. The van der Waals surface area contributed by atoms with Crippen LogP contribution in [-0.4, -0.2) is 39.0 Å². The molecule has 0 N–H and O–H groups in total. The summed E-state index contributed by atoms with van der Waals surface area (Å²) < 4.78 is 6.21. The molecule has 1 saturated heterocycles. The highest BCUT2D eigenvalue weighted by Crippen LogP contribution is 2.31. The van der Waals surface area contributed by atoms with Crippen molar-refractivity contribution in [2.24, 2.45) is 0 Å². The second-order valence-corrected chi connectivity index (χ2v) is 8.95. The summed E-state index contributed by atoms with van der Waals surface area (Å²) in [4.78, 5) is 17.0. The molecule has 1 aliphatic heterocycles. The SMILES string of the molecule is c1cncc(CN2CCCCC2CCOc2ncnc3ccc(-c4cccs4)cc23)c1. The predicted octanol–water partition coefficient (Wildman–Crippen LogP) is 5.58. The third-order valence-corrected chi connectivity index (χ3v) is 6.87. The van der Waals surface area contributed by atoms with Gasteiger partial charge in [-0.05, 0) is 66.6 Å². The van der Waals surface area contributed by atoms with Gasteiger partial charge in [0.2, 0.25) is 5.88 Å². The van der Waals surface area contributed by atoms with Gasteiger partial charge in [-0.25, -0.2) is 9.97 Å². The van der Waals surface area contributed by atoms with Crippen molar-refractivity contribution >= 4 is 22.2 Å². The van der Waals surface area contributed by atoms with Gasteiger partial charge in [0.05, 0.1) is 17.5 Å². The quantitative estimate of drug-likeness (QED) is 0.383. The van der Waals surface area contributed by atoms with Gasteiger partial charge >= 0.3 is 0 Å². The van der Waals surface area contributed by atoms with E-state index >= 15 is 0 Å². The Balaban J connectivity index is 1.27. The summed E-state index contributed by atoms with van der Waals surface area (Å²) in [6.45, 7) is 2.75. The van der Waals surface area contributed by atoms with E-state index in [1.807, 2.05) is 18.5 Å². The number of benzene rings is 1. The number of pyridine rings is 1. The number of hydrogen-bond acceptors (Lipinski definition) is 6. The van der Waals surface area contributed by atoms with Gasteiger partial charge in [-0.1, -0.05) is 24.6 Å². The van der Waals surface area contributed by atoms with Gasteiger partial charge in [-0.15, -0.1) is 11.3 Å². The van der Waals surface area contributed by atoms with Gasteiger partial charge < -0.3 is 4.74 Å². The van der Waals surface area contributed by atoms with Crippen molar-refractivity contribution in [3.05, 3.63) is 72.1 Å². The molecule has 0 aliphatic carbocycles. The maximum Gasteiger partial charge on any atom is 0.224 e. The zero-order valence-electron chi connectivity index (χ0n) is 17.5. The van der Waals surface area contributed by atoms with E-state index < -0.39 is 0 Å². The largest absolute Gasteiger partial charge is 0.477 e. The van der Waals surface area contributed by atoms with Crippen LogP contribution in [-0.2, 0) is 6.54 Å². The maximum atomic E-state index is 6.21. The number of nitrogens with zero attached hydrogens (tertiary/aromatic N) is 4. The average molecular weight is 431 g/mol. The Kier molecular flexibility index (Phi) is 6.18. The zero-order valence-corrected chi connectivity index (χ0v) is 18.3. The van der Waals surface area contributed by atoms with E-state index in [-0.39, 0.29) is 0 Å². The first-order chi connectivity index (χ1) is 15.4. The molecule has 3 aromatic heterocycles. The smallest absolute Gasteiger partial charge is 0.224 e. The minimum Gasteiger partial charge on any atom is -0.477 e. The van der Waals surface area contributed by atoms with Crippen LogP contribution in [0.15, 0.2) is 66.6 Å². The van der Waals surface area contributed by atoms with E-state index in [4.69, 9.17) is 4.74 Å². The number of thiophene rings is 1. The lowest BCUT2D eigenvalue weighted by atomic mass is 9.99. The molecule has 1 fully saturated rings. The monoisotopic (exact) mass is 430 g/mol. The van der Waals surface area contributed by atoms with E-state index in [9.17, 15) is 0 Å². The molecule has 31 heavy (non-hydrogen) atoms. The van der Waals surface area contributed by atoms with Crippen LogP contribution in [0.3, 0.4) is 0 Å². The van der Waals surface area contributed by atoms with Gasteiger partial charge in [0, 0.05) is 29.9 Å². The molecule has 0 spiro atoms. The van der Waals surface area contributed by atoms with Crippen LogP contribution in [0.4, 0.5) is 0 Å². The van der Waals surface area contributed by atoms with Gasteiger partial charge in [0.25, 0.3) is 0 Å². The van der Waals surface area contributed by atoms with E-state index in [0.29, 0.717) is 18.5 Å². The summed E-state index contributed by atoms with van der Waals surface area (Å²) >= 11 is 1.74. The lowest BCUT2D eigenvalue weighted by Crippen LogP contribution is -2.39. The normalized spacial score (nSPS) is 17.1. The number of rotatable bonds is 7. The van der Waals surface area contributed by atoms with Crippen molar-refractivity contribution in [2.45, 2.75) is 38.3 Å². The Labute approximate surface area is 186 Å². The topological polar surface area (TPSA) is 51.1 Å². The first-order valence-electron chi connectivity index (χ1n) is 10.9. The fourth-order valence-corrected chi connectivity index (χ4v) is 5.08. The molecule has 1 atom stereocenters.